The van der Waals surface area contributed by atoms with E-state index in [4.69, 9.17) is 0 Å². The Kier molecular flexibility index (Phi) is 3.95. The third-order valence-electron chi connectivity index (χ3n) is 5.04. The maximum Gasteiger partial charge on any atom is 0.167 e. The number of piperazine rings is 1. The second-order valence-electron chi connectivity index (χ2n) is 6.66. The molecule has 1 saturated heterocycles. The van der Waals surface area contributed by atoms with E-state index in [0.29, 0.717) is 6.42 Å². The molecule has 0 N–H and O–H groups in total. The molecule has 3 nitrogen and oxygen atoms in total. The molecule has 1 aliphatic carbocycles. The van der Waals surface area contributed by atoms with Gasteiger partial charge in [0.25, 0.3) is 0 Å². The topological polar surface area (TPSA) is 23.6 Å². The third-order valence-corrected chi connectivity index (χ3v) is 5.04. The van der Waals surface area contributed by atoms with E-state index in [1.807, 2.05) is 12.1 Å². The van der Waals surface area contributed by atoms with Crippen LogP contribution >= 0.6 is 0 Å². The van der Waals surface area contributed by atoms with Gasteiger partial charge in [-0.1, -0.05) is 42.5 Å². The van der Waals surface area contributed by atoms with Crippen molar-refractivity contribution in [2.24, 2.45) is 0 Å². The van der Waals surface area contributed by atoms with Crippen molar-refractivity contribution in [2.45, 2.75) is 6.42 Å². The van der Waals surface area contributed by atoms with Crippen molar-refractivity contribution in [3.05, 3.63) is 65.2 Å². The first kappa shape index (κ1) is 15.2. The fourth-order valence-corrected chi connectivity index (χ4v) is 3.61. The summed E-state index contributed by atoms with van der Waals surface area (Å²) in [5.41, 5.74) is 5.46. The summed E-state index contributed by atoms with van der Waals surface area (Å²) in [5.74, 6) is 0.226. The zero-order chi connectivity index (χ0) is 16.5. The minimum absolute atomic E-state index is 0.226. The summed E-state index contributed by atoms with van der Waals surface area (Å²) in [6.07, 6.45) is 2.61. The van der Waals surface area contributed by atoms with Crippen molar-refractivity contribution in [1.29, 1.82) is 0 Å². The Hall–Kier alpha value is -2.39. The van der Waals surface area contributed by atoms with Gasteiger partial charge in [-0.25, -0.2) is 0 Å². The minimum atomic E-state index is 0.226. The molecule has 2 aromatic carbocycles. The Labute approximate surface area is 143 Å². The van der Waals surface area contributed by atoms with Crippen molar-refractivity contribution in [2.75, 3.05) is 38.1 Å². The predicted molar refractivity (Wildman–Crippen MR) is 99.2 cm³/mol. The van der Waals surface area contributed by atoms with Crippen LogP contribution in [0.4, 0.5) is 5.69 Å². The largest absolute Gasteiger partial charge is 0.368 e. The Balaban J connectivity index is 1.72. The lowest BCUT2D eigenvalue weighted by molar-refractivity contribution is -0.112. The second kappa shape index (κ2) is 6.25. The molecule has 0 spiro atoms. The van der Waals surface area contributed by atoms with Crippen LogP contribution in [0.15, 0.2) is 48.5 Å². The highest BCUT2D eigenvalue weighted by Crippen LogP contribution is 2.33. The van der Waals surface area contributed by atoms with E-state index in [2.05, 4.69) is 59.3 Å². The van der Waals surface area contributed by atoms with Gasteiger partial charge < -0.3 is 9.80 Å². The lowest BCUT2D eigenvalue weighted by atomic mass is 10.0. The van der Waals surface area contributed by atoms with E-state index in [0.717, 1.165) is 48.4 Å². The van der Waals surface area contributed by atoms with Gasteiger partial charge in [0.2, 0.25) is 0 Å². The van der Waals surface area contributed by atoms with E-state index in [9.17, 15) is 4.79 Å². The minimum Gasteiger partial charge on any atom is -0.368 e. The van der Waals surface area contributed by atoms with Gasteiger partial charge in [-0.05, 0) is 35.9 Å². The maximum atomic E-state index is 12.5. The molecule has 2 aliphatic rings. The summed E-state index contributed by atoms with van der Waals surface area (Å²) >= 11 is 0. The Bertz CT molecular complexity index is 801. The summed E-state index contributed by atoms with van der Waals surface area (Å²) in [7, 11) is 2.17. The normalized spacial score (nSPS) is 19.8. The van der Waals surface area contributed by atoms with E-state index < -0.39 is 0 Å². The zero-order valence-corrected chi connectivity index (χ0v) is 14.0. The summed E-state index contributed by atoms with van der Waals surface area (Å²) < 4.78 is 0. The third kappa shape index (κ3) is 2.76. The number of rotatable bonds is 2. The van der Waals surface area contributed by atoms with Gasteiger partial charge in [0.05, 0.1) is 0 Å². The standard InChI is InChI=1S/C21H22N2O/c1-22-10-12-23(13-11-22)20-9-5-3-7-17(20)14-19-18-8-4-2-6-16(18)15-21(19)24/h2-9,14H,10-13,15H2,1H3/b19-14-. The number of hydrogen-bond donors (Lipinski definition) is 0. The highest BCUT2D eigenvalue weighted by molar-refractivity contribution is 6.29. The van der Waals surface area contributed by atoms with Crippen molar-refractivity contribution < 1.29 is 4.79 Å². The van der Waals surface area contributed by atoms with Gasteiger partial charge in [-0.15, -0.1) is 0 Å². The van der Waals surface area contributed by atoms with E-state index >= 15 is 0 Å². The van der Waals surface area contributed by atoms with Crippen LogP contribution in [0, 0.1) is 0 Å². The Morgan fingerprint density at radius 2 is 1.62 bits per heavy atom. The molecule has 1 heterocycles. The van der Waals surface area contributed by atoms with Crippen LogP contribution in [0.2, 0.25) is 0 Å². The molecule has 1 fully saturated rings. The van der Waals surface area contributed by atoms with Gasteiger partial charge in [0.1, 0.15) is 0 Å². The lowest BCUT2D eigenvalue weighted by Gasteiger charge is -2.35. The second-order valence-corrected chi connectivity index (χ2v) is 6.66. The average molecular weight is 318 g/mol. The lowest BCUT2D eigenvalue weighted by Crippen LogP contribution is -2.44. The van der Waals surface area contributed by atoms with Gasteiger partial charge in [-0.3, -0.25) is 4.79 Å². The number of carbonyl (C=O) groups excluding carboxylic acids is 1. The van der Waals surface area contributed by atoms with Crippen molar-refractivity contribution in [1.82, 2.24) is 4.90 Å². The smallest absolute Gasteiger partial charge is 0.167 e. The van der Waals surface area contributed by atoms with Crippen LogP contribution in [0.3, 0.4) is 0 Å². The molecule has 0 unspecified atom stereocenters. The number of para-hydroxylation sites is 1. The first-order chi connectivity index (χ1) is 11.7. The molecule has 4 rings (SSSR count). The highest BCUT2D eigenvalue weighted by atomic mass is 16.1. The molecular formula is C21H22N2O. The van der Waals surface area contributed by atoms with Crippen molar-refractivity contribution in [3.8, 4) is 0 Å². The highest BCUT2D eigenvalue weighted by Gasteiger charge is 2.24. The van der Waals surface area contributed by atoms with Crippen molar-refractivity contribution >= 4 is 23.1 Å². The molecule has 0 atom stereocenters. The molecule has 2 aromatic rings. The number of hydrogen-bond acceptors (Lipinski definition) is 3. The number of likely N-dealkylation sites (N-methyl/N-ethyl adjacent to an activating group) is 1. The first-order valence-corrected chi connectivity index (χ1v) is 8.58. The van der Waals surface area contributed by atoms with Crippen LogP contribution in [0.25, 0.3) is 11.6 Å². The molecular weight excluding hydrogens is 296 g/mol. The van der Waals surface area contributed by atoms with Crippen LogP contribution in [-0.4, -0.2) is 43.9 Å². The average Bonchev–Trinajstić information content (AvgIpc) is 2.92. The fourth-order valence-electron chi connectivity index (χ4n) is 3.61. The van der Waals surface area contributed by atoms with Gasteiger partial charge >= 0.3 is 0 Å². The number of carbonyl (C=O) groups is 1. The summed E-state index contributed by atoms with van der Waals surface area (Å²) in [6.45, 7) is 4.21. The van der Waals surface area contributed by atoms with Crippen LogP contribution in [0.1, 0.15) is 16.7 Å². The summed E-state index contributed by atoms with van der Waals surface area (Å²) in [4.78, 5) is 17.3. The number of ketones is 1. The molecule has 1 aliphatic heterocycles. The van der Waals surface area contributed by atoms with Gasteiger partial charge in [0.15, 0.2) is 5.78 Å². The molecule has 0 radical (unpaired) electrons. The predicted octanol–water partition coefficient (Wildman–Crippen LogP) is 3.10. The number of anilines is 1. The molecule has 122 valence electrons. The number of fused-ring (bicyclic) bond motifs is 1. The maximum absolute atomic E-state index is 12.5. The number of benzene rings is 2. The van der Waals surface area contributed by atoms with E-state index in [1.54, 1.807) is 0 Å². The first-order valence-electron chi connectivity index (χ1n) is 8.58. The number of nitrogens with zero attached hydrogens (tertiary/aromatic N) is 2. The van der Waals surface area contributed by atoms with Gasteiger partial charge in [-0.2, -0.15) is 0 Å². The molecule has 24 heavy (non-hydrogen) atoms. The summed E-state index contributed by atoms with van der Waals surface area (Å²) in [6, 6.07) is 16.6. The molecule has 0 amide bonds. The molecule has 0 saturated carbocycles. The molecule has 0 bridgehead atoms. The molecule has 3 heteroatoms. The molecule has 0 aromatic heterocycles. The van der Waals surface area contributed by atoms with E-state index in [-0.39, 0.29) is 5.78 Å². The van der Waals surface area contributed by atoms with Crippen LogP contribution in [0.5, 0.6) is 0 Å². The Morgan fingerprint density at radius 1 is 0.917 bits per heavy atom. The van der Waals surface area contributed by atoms with Gasteiger partial charge in [0, 0.05) is 43.9 Å². The van der Waals surface area contributed by atoms with Crippen molar-refractivity contribution in [3.63, 3.8) is 0 Å². The quantitative estimate of drug-likeness (QED) is 0.795. The zero-order valence-electron chi connectivity index (χ0n) is 14.0. The Morgan fingerprint density at radius 3 is 2.46 bits per heavy atom. The monoisotopic (exact) mass is 318 g/mol. The van der Waals surface area contributed by atoms with E-state index in [1.165, 1.54) is 5.69 Å². The SMILES string of the molecule is CN1CCN(c2ccccc2/C=C2\C(=O)Cc3ccccc32)CC1. The van der Waals surface area contributed by atoms with Crippen LogP contribution < -0.4 is 4.90 Å². The number of Topliss-reactive ketones (excluding diaryl/α,β-unsaturated/α-hetero) is 1. The fraction of sp³-hybridized carbons (Fsp3) is 0.286. The number of allylic oxidation sites excluding steroid dienone is 1. The van der Waals surface area contributed by atoms with Crippen LogP contribution in [-0.2, 0) is 11.2 Å². The summed E-state index contributed by atoms with van der Waals surface area (Å²) in [5, 5.41) is 0.